The average Bonchev–Trinajstić information content (AvgIpc) is 2.31. The molecule has 0 unspecified atom stereocenters. The fourth-order valence-corrected chi connectivity index (χ4v) is 1.66. The van der Waals surface area contributed by atoms with Crippen molar-refractivity contribution in [3.05, 3.63) is 13.8 Å². The predicted molar refractivity (Wildman–Crippen MR) is 73.9 cm³/mol. The first-order valence-electron chi connectivity index (χ1n) is 6.96. The Labute approximate surface area is 103 Å². The molecule has 92 valence electrons. The first-order chi connectivity index (χ1) is 7.91. The highest BCUT2D eigenvalue weighted by Gasteiger charge is 1.88. The van der Waals surface area contributed by atoms with Crippen molar-refractivity contribution < 1.29 is 0 Å². The molecule has 0 aromatic heterocycles. The summed E-state index contributed by atoms with van der Waals surface area (Å²) in [4.78, 5) is 0. The maximum Gasteiger partial charge on any atom is 0.00886 e. The summed E-state index contributed by atoms with van der Waals surface area (Å²) in [5, 5.41) is 0. The van der Waals surface area contributed by atoms with Gasteiger partial charge in [-0.25, -0.2) is 0 Å². The highest BCUT2D eigenvalue weighted by molar-refractivity contribution is 4.98. The Morgan fingerprint density at radius 3 is 1.38 bits per heavy atom. The number of rotatable bonds is 10. The summed E-state index contributed by atoms with van der Waals surface area (Å²) in [7, 11) is 0. The molecule has 0 fully saturated rings. The molecule has 0 amide bonds. The topological polar surface area (TPSA) is 0 Å². The Kier molecular flexibility index (Phi) is 14.2. The predicted octanol–water partition coefficient (Wildman–Crippen LogP) is 5.34. The van der Waals surface area contributed by atoms with E-state index in [1.54, 1.807) is 0 Å². The second-order valence-electron chi connectivity index (χ2n) is 4.39. The molecule has 0 aliphatic carbocycles. The van der Waals surface area contributed by atoms with Gasteiger partial charge in [0.1, 0.15) is 0 Å². The minimum atomic E-state index is 1.07. The molecule has 0 heterocycles. The smallest absolute Gasteiger partial charge is 0.00886 e. The molecule has 0 bridgehead atoms. The number of hydrogen-bond donors (Lipinski definition) is 0. The van der Waals surface area contributed by atoms with Crippen molar-refractivity contribution in [2.45, 2.75) is 77.0 Å². The van der Waals surface area contributed by atoms with Crippen LogP contribution in [-0.2, 0) is 0 Å². The Morgan fingerprint density at radius 1 is 0.500 bits per heavy atom. The average molecular weight is 220 g/mol. The van der Waals surface area contributed by atoms with Crippen molar-refractivity contribution in [2.75, 3.05) is 0 Å². The van der Waals surface area contributed by atoms with Crippen LogP contribution < -0.4 is 0 Å². The highest BCUT2D eigenvalue weighted by atomic mass is 13.9. The standard InChI is InChI=1S/C16H28/c1-3-5-7-9-11-13-15-16-14-12-10-8-6-4-2/h1-13,15H2. The van der Waals surface area contributed by atoms with Crippen molar-refractivity contribution in [2.24, 2.45) is 0 Å². The lowest BCUT2D eigenvalue weighted by molar-refractivity contribution is 0.624. The normalized spacial score (nSPS) is 9.88. The van der Waals surface area contributed by atoms with Gasteiger partial charge < -0.3 is 0 Å². The monoisotopic (exact) mass is 220 g/mol. The van der Waals surface area contributed by atoms with Gasteiger partial charge in [0.2, 0.25) is 0 Å². The largest absolute Gasteiger partial charge is 0.103 e. The first-order valence-corrected chi connectivity index (χ1v) is 6.96. The van der Waals surface area contributed by atoms with Gasteiger partial charge in [-0.2, -0.15) is 0 Å². The zero-order valence-electron chi connectivity index (χ0n) is 10.9. The summed E-state index contributed by atoms with van der Waals surface area (Å²) in [6, 6.07) is 0. The quantitative estimate of drug-likeness (QED) is 0.344. The molecule has 0 aliphatic rings. The maximum atomic E-state index is 3.85. The third kappa shape index (κ3) is 13.6. The SMILES string of the molecule is [CH2]CCCCCC#CCCCCCCC[CH2]. The first kappa shape index (κ1) is 15.6. The molecule has 16 heavy (non-hydrogen) atoms. The van der Waals surface area contributed by atoms with Gasteiger partial charge in [0.15, 0.2) is 0 Å². The van der Waals surface area contributed by atoms with E-state index >= 15 is 0 Å². The van der Waals surface area contributed by atoms with Gasteiger partial charge in [-0.1, -0.05) is 65.2 Å². The molecule has 0 N–H and O–H groups in total. The summed E-state index contributed by atoms with van der Waals surface area (Å²) in [5.74, 6) is 6.54. The van der Waals surface area contributed by atoms with Crippen LogP contribution in [0.3, 0.4) is 0 Å². The third-order valence-electron chi connectivity index (χ3n) is 2.73. The van der Waals surface area contributed by atoms with E-state index in [2.05, 4.69) is 25.7 Å². The molecule has 0 nitrogen and oxygen atoms in total. The molecule has 2 radical (unpaired) electrons. The van der Waals surface area contributed by atoms with Gasteiger partial charge in [0, 0.05) is 12.8 Å². The summed E-state index contributed by atoms with van der Waals surface area (Å²) in [6.45, 7) is 7.68. The fraction of sp³-hybridized carbons (Fsp3) is 0.750. The van der Waals surface area contributed by atoms with Crippen LogP contribution in [0.5, 0.6) is 0 Å². The molecule has 0 saturated carbocycles. The minimum absolute atomic E-state index is 1.07. The Balaban J connectivity index is 3.03. The van der Waals surface area contributed by atoms with Gasteiger partial charge in [0.25, 0.3) is 0 Å². The second-order valence-corrected chi connectivity index (χ2v) is 4.39. The number of unbranched alkanes of at least 4 members (excludes halogenated alkanes) is 10. The number of hydrogen-bond acceptors (Lipinski definition) is 0. The van der Waals surface area contributed by atoms with E-state index in [-0.39, 0.29) is 0 Å². The molecule has 0 heteroatoms. The van der Waals surface area contributed by atoms with Crippen LogP contribution in [0.4, 0.5) is 0 Å². The van der Waals surface area contributed by atoms with Crippen LogP contribution >= 0.6 is 0 Å². The van der Waals surface area contributed by atoms with Gasteiger partial charge in [-0.05, 0) is 12.8 Å². The minimum Gasteiger partial charge on any atom is -0.103 e. The van der Waals surface area contributed by atoms with Gasteiger partial charge in [-0.15, -0.1) is 11.8 Å². The van der Waals surface area contributed by atoms with Gasteiger partial charge in [0.05, 0.1) is 0 Å². The van der Waals surface area contributed by atoms with E-state index in [1.807, 2.05) is 0 Å². The van der Waals surface area contributed by atoms with Gasteiger partial charge >= 0.3 is 0 Å². The molecule has 0 aromatic rings. The summed E-state index contributed by atoms with van der Waals surface area (Å²) < 4.78 is 0. The van der Waals surface area contributed by atoms with Crippen molar-refractivity contribution >= 4 is 0 Å². The summed E-state index contributed by atoms with van der Waals surface area (Å²) in [6.07, 6.45) is 14.8. The van der Waals surface area contributed by atoms with E-state index in [9.17, 15) is 0 Å². The van der Waals surface area contributed by atoms with Crippen molar-refractivity contribution in [1.82, 2.24) is 0 Å². The lowest BCUT2D eigenvalue weighted by Gasteiger charge is -1.96. The fourth-order valence-electron chi connectivity index (χ4n) is 1.66. The molecule has 0 atom stereocenters. The van der Waals surface area contributed by atoms with E-state index in [1.165, 1.54) is 51.4 Å². The molecule has 0 rings (SSSR count). The molecule has 0 spiro atoms. The second kappa shape index (κ2) is 14.6. The summed E-state index contributed by atoms with van der Waals surface area (Å²) in [5.41, 5.74) is 0. The van der Waals surface area contributed by atoms with Crippen LogP contribution in [0.25, 0.3) is 0 Å². The van der Waals surface area contributed by atoms with E-state index in [4.69, 9.17) is 0 Å². The van der Waals surface area contributed by atoms with E-state index in [0.29, 0.717) is 0 Å². The van der Waals surface area contributed by atoms with E-state index < -0.39 is 0 Å². The van der Waals surface area contributed by atoms with Crippen molar-refractivity contribution in [3.8, 4) is 11.8 Å². The van der Waals surface area contributed by atoms with E-state index in [0.717, 1.165) is 25.7 Å². The maximum absolute atomic E-state index is 3.85. The molecular formula is C16H28. The molecular weight excluding hydrogens is 192 g/mol. The Hall–Kier alpha value is -0.440. The lowest BCUT2D eigenvalue weighted by Crippen LogP contribution is -1.78. The Morgan fingerprint density at radius 2 is 0.875 bits per heavy atom. The van der Waals surface area contributed by atoms with Crippen LogP contribution in [0.15, 0.2) is 0 Å². The molecule has 0 aromatic carbocycles. The molecule has 0 saturated heterocycles. The summed E-state index contributed by atoms with van der Waals surface area (Å²) >= 11 is 0. The van der Waals surface area contributed by atoms with Crippen LogP contribution in [0, 0.1) is 25.7 Å². The lowest BCUT2D eigenvalue weighted by atomic mass is 10.1. The van der Waals surface area contributed by atoms with Crippen LogP contribution in [-0.4, -0.2) is 0 Å². The van der Waals surface area contributed by atoms with Crippen molar-refractivity contribution in [1.29, 1.82) is 0 Å². The third-order valence-corrected chi connectivity index (χ3v) is 2.73. The molecule has 0 aliphatic heterocycles. The van der Waals surface area contributed by atoms with Crippen LogP contribution in [0.2, 0.25) is 0 Å². The van der Waals surface area contributed by atoms with Crippen molar-refractivity contribution in [3.63, 3.8) is 0 Å². The zero-order valence-corrected chi connectivity index (χ0v) is 10.9. The Bertz CT molecular complexity index is 170. The highest BCUT2D eigenvalue weighted by Crippen LogP contribution is 2.06. The van der Waals surface area contributed by atoms with Gasteiger partial charge in [-0.3, -0.25) is 0 Å². The zero-order chi connectivity index (χ0) is 11.9. The van der Waals surface area contributed by atoms with Crippen LogP contribution in [0.1, 0.15) is 77.0 Å².